The summed E-state index contributed by atoms with van der Waals surface area (Å²) in [5.41, 5.74) is 2.60. The van der Waals surface area contributed by atoms with Gasteiger partial charge in [-0.05, 0) is 36.9 Å². The number of hydrogen-bond acceptors (Lipinski definition) is 6. The Morgan fingerprint density at radius 1 is 1.15 bits per heavy atom. The SMILES string of the molecule is CC(C)n1ncc2c(C(=O)NCCS(=O)(=O)NCc3ccccc3)cc(-c3cccs3)nc21. The average Bonchev–Trinajstić information content (AvgIpc) is 3.48. The van der Waals surface area contributed by atoms with Crippen LogP contribution in [0.2, 0.25) is 0 Å². The lowest BCUT2D eigenvalue weighted by atomic mass is 10.1. The number of thiophene rings is 1. The monoisotopic (exact) mass is 483 g/mol. The van der Waals surface area contributed by atoms with Gasteiger partial charge in [-0.1, -0.05) is 36.4 Å². The van der Waals surface area contributed by atoms with Gasteiger partial charge in [0.05, 0.1) is 33.5 Å². The van der Waals surface area contributed by atoms with Crippen molar-refractivity contribution in [2.75, 3.05) is 12.3 Å². The van der Waals surface area contributed by atoms with E-state index < -0.39 is 10.0 Å². The largest absolute Gasteiger partial charge is 0.351 e. The predicted molar refractivity (Wildman–Crippen MR) is 131 cm³/mol. The van der Waals surface area contributed by atoms with Crippen molar-refractivity contribution in [2.24, 2.45) is 0 Å². The van der Waals surface area contributed by atoms with Gasteiger partial charge in [-0.3, -0.25) is 4.79 Å². The van der Waals surface area contributed by atoms with E-state index in [2.05, 4.69) is 15.1 Å². The van der Waals surface area contributed by atoms with Gasteiger partial charge in [0.2, 0.25) is 10.0 Å². The van der Waals surface area contributed by atoms with Crippen LogP contribution in [0.15, 0.2) is 60.1 Å². The molecule has 0 radical (unpaired) electrons. The molecule has 3 heterocycles. The zero-order chi connectivity index (χ0) is 23.4. The minimum atomic E-state index is -3.54. The number of pyridine rings is 1. The lowest BCUT2D eigenvalue weighted by Crippen LogP contribution is -2.34. The van der Waals surface area contributed by atoms with Crippen LogP contribution < -0.4 is 10.0 Å². The van der Waals surface area contributed by atoms with Crippen molar-refractivity contribution in [1.29, 1.82) is 0 Å². The van der Waals surface area contributed by atoms with Crippen LogP contribution in [0, 0.1) is 0 Å². The highest BCUT2D eigenvalue weighted by Gasteiger charge is 2.19. The standard InChI is InChI=1S/C23H25N5O3S2/c1-16(2)28-22-19(15-25-28)18(13-20(27-22)21-9-6-11-32-21)23(29)24-10-12-33(30,31)26-14-17-7-4-3-5-8-17/h3-9,11,13,15-16,26H,10,12,14H2,1-2H3,(H,24,29). The lowest BCUT2D eigenvalue weighted by molar-refractivity contribution is 0.0957. The Balaban J connectivity index is 1.49. The van der Waals surface area contributed by atoms with Crippen LogP contribution in [-0.4, -0.2) is 41.4 Å². The Bertz CT molecular complexity index is 1350. The second-order valence-corrected chi connectivity index (χ2v) is 10.7. The van der Waals surface area contributed by atoms with Gasteiger partial charge >= 0.3 is 0 Å². The Labute approximate surface area is 196 Å². The number of rotatable bonds is 9. The molecule has 0 fully saturated rings. The summed E-state index contributed by atoms with van der Waals surface area (Å²) in [5.74, 6) is -0.579. The molecule has 0 saturated carbocycles. The molecule has 172 valence electrons. The fourth-order valence-electron chi connectivity index (χ4n) is 3.39. The molecule has 0 spiro atoms. The molecule has 0 unspecified atom stereocenters. The van der Waals surface area contributed by atoms with Crippen molar-refractivity contribution in [3.05, 3.63) is 71.2 Å². The molecule has 2 N–H and O–H groups in total. The molecule has 4 rings (SSSR count). The fraction of sp³-hybridized carbons (Fsp3) is 0.261. The van der Waals surface area contributed by atoms with Crippen LogP contribution in [0.1, 0.15) is 35.8 Å². The summed E-state index contributed by atoms with van der Waals surface area (Å²) < 4.78 is 29.0. The highest BCUT2D eigenvalue weighted by atomic mass is 32.2. The molecular formula is C23H25N5O3S2. The number of carbonyl (C=O) groups is 1. The second kappa shape index (κ2) is 9.82. The van der Waals surface area contributed by atoms with Gasteiger partial charge < -0.3 is 5.32 Å². The van der Waals surface area contributed by atoms with E-state index in [1.165, 1.54) is 11.3 Å². The molecule has 1 aromatic carbocycles. The summed E-state index contributed by atoms with van der Waals surface area (Å²) in [7, 11) is -3.54. The van der Waals surface area contributed by atoms with Crippen LogP contribution in [0.5, 0.6) is 0 Å². The Morgan fingerprint density at radius 3 is 2.64 bits per heavy atom. The molecule has 4 aromatic rings. The molecular weight excluding hydrogens is 458 g/mol. The van der Waals surface area contributed by atoms with Gasteiger partial charge in [0.25, 0.3) is 5.91 Å². The number of fused-ring (bicyclic) bond motifs is 1. The van der Waals surface area contributed by atoms with Crippen molar-refractivity contribution < 1.29 is 13.2 Å². The zero-order valence-corrected chi connectivity index (χ0v) is 20.0. The molecule has 0 bridgehead atoms. The molecule has 0 aliphatic carbocycles. The van der Waals surface area contributed by atoms with Crippen molar-refractivity contribution in [3.8, 4) is 10.6 Å². The van der Waals surface area contributed by atoms with Gasteiger partial charge in [0.15, 0.2) is 5.65 Å². The molecule has 33 heavy (non-hydrogen) atoms. The van der Waals surface area contributed by atoms with Crippen LogP contribution >= 0.6 is 11.3 Å². The summed E-state index contributed by atoms with van der Waals surface area (Å²) in [4.78, 5) is 18.7. The van der Waals surface area contributed by atoms with Crippen molar-refractivity contribution in [1.82, 2.24) is 24.8 Å². The third kappa shape index (κ3) is 5.47. The van der Waals surface area contributed by atoms with Crippen LogP contribution in [0.4, 0.5) is 0 Å². The van der Waals surface area contributed by atoms with E-state index in [4.69, 9.17) is 4.98 Å². The van der Waals surface area contributed by atoms with E-state index in [9.17, 15) is 13.2 Å². The zero-order valence-electron chi connectivity index (χ0n) is 18.4. The molecule has 0 aliphatic heterocycles. The summed E-state index contributed by atoms with van der Waals surface area (Å²) in [6.07, 6.45) is 1.63. The first-order valence-corrected chi connectivity index (χ1v) is 13.1. The molecule has 0 atom stereocenters. The van der Waals surface area contributed by atoms with E-state index in [0.29, 0.717) is 22.3 Å². The number of hydrogen-bond donors (Lipinski definition) is 2. The minimum Gasteiger partial charge on any atom is -0.351 e. The van der Waals surface area contributed by atoms with Crippen LogP contribution in [0.3, 0.4) is 0 Å². The maximum atomic E-state index is 13.0. The third-order valence-electron chi connectivity index (χ3n) is 5.07. The van der Waals surface area contributed by atoms with Gasteiger partial charge in [-0.15, -0.1) is 11.3 Å². The maximum Gasteiger partial charge on any atom is 0.252 e. The quantitative estimate of drug-likeness (QED) is 0.378. The second-order valence-electron chi connectivity index (χ2n) is 7.83. The summed E-state index contributed by atoms with van der Waals surface area (Å²) in [6.45, 7) is 4.19. The predicted octanol–water partition coefficient (Wildman–Crippen LogP) is 3.59. The van der Waals surface area contributed by atoms with Crippen molar-refractivity contribution in [3.63, 3.8) is 0 Å². The summed E-state index contributed by atoms with van der Waals surface area (Å²) in [6, 6.07) is 15.0. The van der Waals surface area contributed by atoms with Crippen LogP contribution in [-0.2, 0) is 16.6 Å². The highest BCUT2D eigenvalue weighted by molar-refractivity contribution is 7.89. The number of nitrogens with zero attached hydrogens (tertiary/aromatic N) is 3. The lowest BCUT2D eigenvalue weighted by Gasteiger charge is -2.11. The molecule has 0 aliphatic rings. The first-order valence-electron chi connectivity index (χ1n) is 10.6. The van der Waals surface area contributed by atoms with E-state index in [-0.39, 0.29) is 30.8 Å². The highest BCUT2D eigenvalue weighted by Crippen LogP contribution is 2.28. The normalized spacial score (nSPS) is 11.8. The number of carbonyl (C=O) groups excluding carboxylic acids is 1. The number of sulfonamides is 1. The van der Waals surface area contributed by atoms with Crippen LogP contribution in [0.25, 0.3) is 21.6 Å². The van der Waals surface area contributed by atoms with E-state index in [1.807, 2.05) is 61.7 Å². The molecule has 8 nitrogen and oxygen atoms in total. The van der Waals surface area contributed by atoms with Gasteiger partial charge in [-0.25, -0.2) is 22.8 Å². The number of benzene rings is 1. The topological polar surface area (TPSA) is 106 Å². The fourth-order valence-corrected chi connectivity index (χ4v) is 4.98. The smallest absolute Gasteiger partial charge is 0.252 e. The van der Waals surface area contributed by atoms with Crippen molar-refractivity contribution in [2.45, 2.75) is 26.4 Å². The first kappa shape index (κ1) is 23.1. The maximum absolute atomic E-state index is 13.0. The Morgan fingerprint density at radius 2 is 1.94 bits per heavy atom. The van der Waals surface area contributed by atoms with Gasteiger partial charge in [0, 0.05) is 19.1 Å². The van der Waals surface area contributed by atoms with E-state index >= 15 is 0 Å². The molecule has 10 heteroatoms. The number of aromatic nitrogens is 3. The average molecular weight is 484 g/mol. The summed E-state index contributed by atoms with van der Waals surface area (Å²) in [5, 5.41) is 9.73. The first-order chi connectivity index (χ1) is 15.8. The number of nitrogens with one attached hydrogen (secondary N) is 2. The molecule has 3 aromatic heterocycles. The molecule has 1 amide bonds. The van der Waals surface area contributed by atoms with Crippen molar-refractivity contribution >= 4 is 38.3 Å². The van der Waals surface area contributed by atoms with Gasteiger partial charge in [-0.2, -0.15) is 5.10 Å². The Kier molecular flexibility index (Phi) is 6.87. The number of amides is 1. The van der Waals surface area contributed by atoms with E-state index in [0.717, 1.165) is 10.4 Å². The van der Waals surface area contributed by atoms with Gasteiger partial charge in [0.1, 0.15) is 0 Å². The third-order valence-corrected chi connectivity index (χ3v) is 7.29. The van der Waals surface area contributed by atoms with E-state index in [1.54, 1.807) is 16.9 Å². The summed E-state index contributed by atoms with van der Waals surface area (Å²) >= 11 is 1.54. The minimum absolute atomic E-state index is 0.0145. The molecule has 0 saturated heterocycles. The Hall–Kier alpha value is -3.08.